The van der Waals surface area contributed by atoms with Crippen LogP contribution in [0.3, 0.4) is 0 Å². The second-order valence-electron chi connectivity index (χ2n) is 12.1. The lowest BCUT2D eigenvalue weighted by Gasteiger charge is -2.27. The number of fused-ring (bicyclic) bond motifs is 2. The molecule has 2 bridgehead atoms. The lowest BCUT2D eigenvalue weighted by molar-refractivity contribution is -0.121. The van der Waals surface area contributed by atoms with Crippen LogP contribution in [0.2, 0.25) is 0 Å². The third-order valence-corrected chi connectivity index (χ3v) is 8.50. The molecule has 2 aromatic carbocycles. The fraction of sp³-hybridized carbons (Fsp3) is 0.429. The number of Topliss-reactive ketones (excluding diaryl/α,β-unsaturated/α-hetero) is 1. The van der Waals surface area contributed by atoms with Gasteiger partial charge in [-0.25, -0.2) is 0 Å². The molecule has 0 saturated heterocycles. The number of phenols is 2. The first-order valence-corrected chi connectivity index (χ1v) is 15.7. The monoisotopic (exact) mass is 630 g/mol. The van der Waals surface area contributed by atoms with Crippen LogP contribution >= 0.6 is 0 Å². The van der Waals surface area contributed by atoms with E-state index in [1.165, 1.54) is 12.1 Å². The van der Waals surface area contributed by atoms with Gasteiger partial charge in [-0.15, -0.1) is 0 Å². The van der Waals surface area contributed by atoms with Crippen molar-refractivity contribution in [2.75, 3.05) is 6.54 Å². The summed E-state index contributed by atoms with van der Waals surface area (Å²) in [6.45, 7) is 2.38. The highest BCUT2D eigenvalue weighted by Gasteiger charge is 2.32. The van der Waals surface area contributed by atoms with Crippen molar-refractivity contribution in [3.63, 3.8) is 0 Å². The first kappa shape index (κ1) is 33.2. The Kier molecular flexibility index (Phi) is 10.5. The Morgan fingerprint density at radius 1 is 1.15 bits per heavy atom. The van der Waals surface area contributed by atoms with Gasteiger partial charge in [0.05, 0.1) is 37.1 Å². The van der Waals surface area contributed by atoms with E-state index in [1.807, 2.05) is 30.3 Å². The predicted octanol–water partition coefficient (Wildman–Crippen LogP) is 2.74. The Balaban J connectivity index is 1.34. The molecule has 3 aliphatic heterocycles. The molecule has 3 aliphatic rings. The van der Waals surface area contributed by atoms with Crippen molar-refractivity contribution >= 4 is 11.5 Å². The normalized spacial score (nSPS) is 20.0. The third kappa shape index (κ3) is 7.78. The molecule has 2 aromatic rings. The average Bonchev–Trinajstić information content (AvgIpc) is 3.58. The number of carbonyl (C=O) groups is 1. The smallest absolute Gasteiger partial charge is 0.183 e. The van der Waals surface area contributed by atoms with Crippen molar-refractivity contribution in [3.8, 4) is 29.1 Å². The van der Waals surface area contributed by atoms with Crippen molar-refractivity contribution in [2.45, 2.75) is 89.0 Å². The summed E-state index contributed by atoms with van der Waals surface area (Å²) in [5, 5.41) is 52.4. The van der Waals surface area contributed by atoms with E-state index < -0.39 is 30.7 Å². The Hall–Kier alpha value is -4.18. The summed E-state index contributed by atoms with van der Waals surface area (Å²) in [7, 11) is 0. The fourth-order valence-corrected chi connectivity index (χ4v) is 6.01. The van der Waals surface area contributed by atoms with Crippen LogP contribution in [0.4, 0.5) is 0 Å². The maximum absolute atomic E-state index is 12.5. The molecule has 0 aromatic heterocycles. The van der Waals surface area contributed by atoms with Crippen LogP contribution < -0.4 is 16.2 Å². The maximum Gasteiger partial charge on any atom is 0.183 e. The summed E-state index contributed by atoms with van der Waals surface area (Å²) in [5.74, 6) is 5.39. The van der Waals surface area contributed by atoms with Crippen LogP contribution in [0.25, 0.3) is 0 Å². The SMILES string of the molecule is CCC[C@H](O)C[C@@H](O)CC(=O)CCc1cc(O[C@H]2CC#C[C@H](O)c3ccc(C(N)N)cc3CC3=CN=C4CN2C=C34)c(O)cc1O. The van der Waals surface area contributed by atoms with E-state index in [1.54, 1.807) is 12.1 Å². The molecule has 3 heterocycles. The molecule has 4 atom stereocenters. The van der Waals surface area contributed by atoms with Crippen LogP contribution in [0.15, 0.2) is 58.9 Å². The second kappa shape index (κ2) is 14.5. The molecule has 0 fully saturated rings. The number of nitrogens with two attached hydrogens (primary N) is 2. The van der Waals surface area contributed by atoms with Crippen molar-refractivity contribution in [3.05, 3.63) is 76.1 Å². The number of aromatic hydroxyl groups is 2. The second-order valence-corrected chi connectivity index (χ2v) is 12.1. The van der Waals surface area contributed by atoms with E-state index in [0.29, 0.717) is 30.5 Å². The molecule has 0 spiro atoms. The quantitative estimate of drug-likeness (QED) is 0.135. The number of rotatable bonds is 12. The van der Waals surface area contributed by atoms with Crippen molar-refractivity contribution in [2.24, 2.45) is 16.5 Å². The maximum atomic E-state index is 12.5. The van der Waals surface area contributed by atoms with Gasteiger partial charge in [-0.1, -0.05) is 43.4 Å². The number of nitrogens with zero attached hydrogens (tertiary/aromatic N) is 2. The average molecular weight is 631 g/mol. The van der Waals surface area contributed by atoms with Gasteiger partial charge in [0.15, 0.2) is 17.7 Å². The summed E-state index contributed by atoms with van der Waals surface area (Å²) in [6.07, 6.45) is 2.06. The molecule has 5 rings (SSSR count). The van der Waals surface area contributed by atoms with E-state index in [2.05, 4.69) is 16.8 Å². The van der Waals surface area contributed by atoms with Gasteiger partial charge < -0.3 is 46.6 Å². The minimum Gasteiger partial charge on any atom is -0.508 e. The number of aliphatic hydroxyl groups excluding tert-OH is 3. The van der Waals surface area contributed by atoms with Gasteiger partial charge in [0.2, 0.25) is 0 Å². The number of hydrogen-bond acceptors (Lipinski definition) is 11. The fourth-order valence-electron chi connectivity index (χ4n) is 6.01. The highest BCUT2D eigenvalue weighted by molar-refractivity contribution is 6.09. The molecule has 0 aliphatic carbocycles. The topological polar surface area (TPSA) is 195 Å². The predicted molar refractivity (Wildman–Crippen MR) is 173 cm³/mol. The zero-order valence-electron chi connectivity index (χ0n) is 25.9. The molecular formula is C35H42N4O7. The first-order chi connectivity index (χ1) is 22.0. The largest absolute Gasteiger partial charge is 0.508 e. The van der Waals surface area contributed by atoms with E-state index >= 15 is 0 Å². The molecule has 11 nitrogen and oxygen atoms in total. The summed E-state index contributed by atoms with van der Waals surface area (Å²) in [6, 6.07) is 8.15. The summed E-state index contributed by atoms with van der Waals surface area (Å²) >= 11 is 0. The third-order valence-electron chi connectivity index (χ3n) is 8.50. The number of aryl methyl sites for hydroxylation is 1. The number of ether oxygens (including phenoxy) is 1. The molecular weight excluding hydrogens is 588 g/mol. The van der Waals surface area contributed by atoms with Gasteiger partial charge in [0.1, 0.15) is 17.6 Å². The lowest BCUT2D eigenvalue weighted by Crippen LogP contribution is -2.35. The Morgan fingerprint density at radius 3 is 2.72 bits per heavy atom. The van der Waals surface area contributed by atoms with Crippen molar-refractivity contribution in [1.82, 2.24) is 4.90 Å². The van der Waals surface area contributed by atoms with E-state index in [-0.39, 0.29) is 55.1 Å². The molecule has 0 amide bonds. The molecule has 46 heavy (non-hydrogen) atoms. The van der Waals surface area contributed by atoms with Crippen molar-refractivity contribution < 1.29 is 35.1 Å². The summed E-state index contributed by atoms with van der Waals surface area (Å²) < 4.78 is 6.29. The van der Waals surface area contributed by atoms with Gasteiger partial charge in [0, 0.05) is 43.3 Å². The number of aliphatic imine (C=N–C) groups is 1. The van der Waals surface area contributed by atoms with Crippen LogP contribution in [-0.4, -0.2) is 66.9 Å². The number of carbonyl (C=O) groups excluding carboxylic acids is 1. The summed E-state index contributed by atoms with van der Waals surface area (Å²) in [4.78, 5) is 19.1. The number of benzene rings is 2. The number of aliphatic hydroxyl groups is 3. The van der Waals surface area contributed by atoms with Gasteiger partial charge >= 0.3 is 0 Å². The van der Waals surface area contributed by atoms with E-state index in [4.69, 9.17) is 16.2 Å². The molecule has 244 valence electrons. The van der Waals surface area contributed by atoms with Crippen LogP contribution in [0.5, 0.6) is 17.2 Å². The minimum absolute atomic E-state index is 0.0544. The zero-order chi connectivity index (χ0) is 33.0. The number of allylic oxidation sites excluding steroid dienone is 1. The molecule has 0 unspecified atom stereocenters. The van der Waals surface area contributed by atoms with Crippen molar-refractivity contribution in [1.29, 1.82) is 0 Å². The highest BCUT2D eigenvalue weighted by atomic mass is 16.5. The Labute approximate surface area is 268 Å². The lowest BCUT2D eigenvalue weighted by atomic mass is 9.91. The first-order valence-electron chi connectivity index (χ1n) is 15.7. The van der Waals surface area contributed by atoms with Crippen LogP contribution in [0, 0.1) is 11.8 Å². The van der Waals surface area contributed by atoms with E-state index in [0.717, 1.165) is 34.4 Å². The minimum atomic E-state index is -1.07. The number of ketones is 1. The van der Waals surface area contributed by atoms with Gasteiger partial charge in [-0.2, -0.15) is 0 Å². The molecule has 0 saturated carbocycles. The van der Waals surface area contributed by atoms with Crippen LogP contribution in [0.1, 0.15) is 80.0 Å². The molecule has 9 N–H and O–H groups in total. The molecule has 11 heteroatoms. The Morgan fingerprint density at radius 2 is 1.96 bits per heavy atom. The van der Waals surface area contributed by atoms with Gasteiger partial charge in [-0.3, -0.25) is 9.79 Å². The number of phenolic OH excluding ortho intramolecular Hbond substituents is 2. The van der Waals surface area contributed by atoms with Gasteiger partial charge in [0.25, 0.3) is 0 Å². The number of hydrogen-bond donors (Lipinski definition) is 7. The van der Waals surface area contributed by atoms with E-state index in [9.17, 15) is 30.3 Å². The highest BCUT2D eigenvalue weighted by Crippen LogP contribution is 2.37. The Bertz CT molecular complexity index is 1620. The summed E-state index contributed by atoms with van der Waals surface area (Å²) in [5.41, 5.74) is 17.3. The van der Waals surface area contributed by atoms with Crippen LogP contribution in [-0.2, 0) is 17.6 Å². The zero-order valence-corrected chi connectivity index (χ0v) is 25.9. The molecule has 0 radical (unpaired) electrons. The van der Waals surface area contributed by atoms with Gasteiger partial charge in [-0.05, 0) is 53.2 Å². The standard InChI is InChI=1S/C35H42N4O7/c1-2-4-24(40)14-26(42)15-25(41)9-7-20-13-33(32(45)16-31(20)44)46-34-6-3-5-30(43)27-10-8-21(35(36)37)11-22(27)12-23-17-38-29-19-39(34)18-28(23)29/h8,10-11,13,16-18,24,26,30,34-35,40,42-45H,2,4,6-7,9,12,14-15,19,36-37H2,1H3/t24-,26+,30-,34-/m0/s1.